The minimum Gasteiger partial charge on any atom is -0.383 e. The first-order valence-electron chi connectivity index (χ1n) is 9.24. The van der Waals surface area contributed by atoms with Gasteiger partial charge in [-0.1, -0.05) is 0 Å². The van der Waals surface area contributed by atoms with Crippen molar-refractivity contribution >= 4 is 17.2 Å². The van der Waals surface area contributed by atoms with E-state index >= 15 is 0 Å². The van der Waals surface area contributed by atoms with E-state index in [0.717, 1.165) is 49.0 Å². The van der Waals surface area contributed by atoms with Crippen molar-refractivity contribution in [1.82, 2.24) is 24.7 Å². The van der Waals surface area contributed by atoms with E-state index < -0.39 is 0 Å². The molecule has 0 spiro atoms. The van der Waals surface area contributed by atoms with Crippen LogP contribution < -0.4 is 10.2 Å². The Labute approximate surface area is 158 Å². The number of piperazine rings is 1. The highest BCUT2D eigenvalue weighted by Gasteiger charge is 2.15. The molecule has 3 heterocycles. The molecule has 0 aliphatic carbocycles. The Morgan fingerprint density at radius 3 is 2.52 bits per heavy atom. The zero-order valence-corrected chi connectivity index (χ0v) is 15.8. The van der Waals surface area contributed by atoms with Gasteiger partial charge in [0, 0.05) is 51.1 Å². The number of anilines is 2. The van der Waals surface area contributed by atoms with Gasteiger partial charge >= 0.3 is 0 Å². The summed E-state index contributed by atoms with van der Waals surface area (Å²) in [5, 5.41) is 16.4. The summed E-state index contributed by atoms with van der Waals surface area (Å²) in [4.78, 5) is 4.78. The molecule has 27 heavy (non-hydrogen) atoms. The Bertz CT molecular complexity index is 885. The van der Waals surface area contributed by atoms with Gasteiger partial charge in [-0.3, -0.25) is 0 Å². The molecule has 1 N–H and O–H groups in total. The number of methoxy groups -OCH3 is 1. The van der Waals surface area contributed by atoms with Crippen LogP contribution in [0.4, 0.5) is 11.5 Å². The van der Waals surface area contributed by atoms with Crippen LogP contribution in [0.15, 0.2) is 36.4 Å². The fraction of sp³-hybridized carbons (Fsp3) is 0.421. The maximum atomic E-state index is 5.07. The van der Waals surface area contributed by atoms with Gasteiger partial charge < -0.3 is 19.9 Å². The van der Waals surface area contributed by atoms with Crippen molar-refractivity contribution in [3.63, 3.8) is 0 Å². The molecular formula is C19H25N7O. The highest BCUT2D eigenvalue weighted by molar-refractivity contribution is 5.63. The van der Waals surface area contributed by atoms with E-state index in [2.05, 4.69) is 61.7 Å². The maximum Gasteiger partial charge on any atom is 0.185 e. The number of nitrogens with zero attached hydrogens (tertiary/aromatic N) is 6. The molecule has 0 unspecified atom stereocenters. The monoisotopic (exact) mass is 367 g/mol. The summed E-state index contributed by atoms with van der Waals surface area (Å²) in [6.45, 7) is 5.64. The Morgan fingerprint density at radius 1 is 1.00 bits per heavy atom. The molecule has 3 aromatic rings. The van der Waals surface area contributed by atoms with Crippen molar-refractivity contribution in [3.8, 4) is 11.4 Å². The summed E-state index contributed by atoms with van der Waals surface area (Å²) in [5.41, 5.74) is 2.97. The number of rotatable bonds is 6. The number of nitrogens with one attached hydrogen (secondary N) is 1. The van der Waals surface area contributed by atoms with E-state index in [1.54, 1.807) is 11.6 Å². The predicted molar refractivity (Wildman–Crippen MR) is 106 cm³/mol. The molecule has 0 saturated carbocycles. The standard InChI is InChI=1S/C19H25N7O/c1-24-10-12-25(13-11-24)16-5-3-15(4-6-16)19-22-21-18-8-7-17(23-26(18)19)20-9-14-27-2/h3-8H,9-14H2,1-2H3,(H,20,23). The van der Waals surface area contributed by atoms with Crippen molar-refractivity contribution in [3.05, 3.63) is 36.4 Å². The normalized spacial score (nSPS) is 15.4. The van der Waals surface area contributed by atoms with Crippen LogP contribution in [0.25, 0.3) is 17.0 Å². The molecule has 1 saturated heterocycles. The number of likely N-dealkylation sites (N-methyl/N-ethyl adjacent to an activating group) is 1. The molecule has 0 bridgehead atoms. The quantitative estimate of drug-likeness (QED) is 0.664. The van der Waals surface area contributed by atoms with Crippen LogP contribution >= 0.6 is 0 Å². The lowest BCUT2D eigenvalue weighted by atomic mass is 10.1. The topological polar surface area (TPSA) is 70.8 Å². The first-order valence-corrected chi connectivity index (χ1v) is 9.24. The molecule has 0 atom stereocenters. The first-order chi connectivity index (χ1) is 13.2. The fourth-order valence-electron chi connectivity index (χ4n) is 3.23. The van der Waals surface area contributed by atoms with E-state index in [-0.39, 0.29) is 0 Å². The SMILES string of the molecule is COCCNc1ccc2nnc(-c3ccc(N4CCN(C)CC4)cc3)n2n1. The molecule has 1 aliphatic heterocycles. The van der Waals surface area contributed by atoms with Crippen LogP contribution in [0.1, 0.15) is 0 Å². The molecule has 2 aromatic heterocycles. The van der Waals surface area contributed by atoms with E-state index in [4.69, 9.17) is 4.74 Å². The molecule has 1 fully saturated rings. The van der Waals surface area contributed by atoms with Gasteiger partial charge in [-0.05, 0) is 43.4 Å². The lowest BCUT2D eigenvalue weighted by Crippen LogP contribution is -2.44. The number of hydrogen-bond donors (Lipinski definition) is 1. The second kappa shape index (κ2) is 7.89. The van der Waals surface area contributed by atoms with Gasteiger partial charge in [-0.25, -0.2) is 0 Å². The molecule has 8 heteroatoms. The van der Waals surface area contributed by atoms with Gasteiger partial charge in [-0.15, -0.1) is 15.3 Å². The number of hydrogen-bond acceptors (Lipinski definition) is 7. The minimum atomic E-state index is 0.627. The summed E-state index contributed by atoms with van der Waals surface area (Å²) in [6, 6.07) is 12.3. The summed E-state index contributed by atoms with van der Waals surface area (Å²) < 4.78 is 6.85. The third-order valence-electron chi connectivity index (χ3n) is 4.87. The summed E-state index contributed by atoms with van der Waals surface area (Å²) in [7, 11) is 3.85. The smallest absolute Gasteiger partial charge is 0.185 e. The van der Waals surface area contributed by atoms with Crippen LogP contribution in [0.3, 0.4) is 0 Å². The Balaban J connectivity index is 1.55. The number of ether oxygens (including phenoxy) is 1. The molecule has 8 nitrogen and oxygen atoms in total. The highest BCUT2D eigenvalue weighted by Crippen LogP contribution is 2.23. The average Bonchev–Trinajstić information content (AvgIpc) is 3.12. The lowest BCUT2D eigenvalue weighted by Gasteiger charge is -2.34. The number of benzene rings is 1. The fourth-order valence-corrected chi connectivity index (χ4v) is 3.23. The third-order valence-corrected chi connectivity index (χ3v) is 4.87. The van der Waals surface area contributed by atoms with Gasteiger partial charge in [0.25, 0.3) is 0 Å². The van der Waals surface area contributed by atoms with Crippen LogP contribution in [0, 0.1) is 0 Å². The molecule has 4 rings (SSSR count). The second-order valence-corrected chi connectivity index (χ2v) is 6.77. The molecule has 0 radical (unpaired) electrons. The van der Waals surface area contributed by atoms with Crippen molar-refractivity contribution in [2.24, 2.45) is 0 Å². The zero-order valence-electron chi connectivity index (χ0n) is 15.8. The zero-order chi connectivity index (χ0) is 18.6. The van der Waals surface area contributed by atoms with Crippen LogP contribution in [0.5, 0.6) is 0 Å². The van der Waals surface area contributed by atoms with E-state index in [9.17, 15) is 0 Å². The molecule has 1 aliphatic rings. The van der Waals surface area contributed by atoms with Crippen LogP contribution in [0.2, 0.25) is 0 Å². The predicted octanol–water partition coefficient (Wildman–Crippen LogP) is 1.60. The summed E-state index contributed by atoms with van der Waals surface area (Å²) in [5.74, 6) is 1.51. The lowest BCUT2D eigenvalue weighted by molar-refractivity contribution is 0.210. The number of fused-ring (bicyclic) bond motifs is 1. The molecule has 0 amide bonds. The van der Waals surface area contributed by atoms with E-state index in [0.29, 0.717) is 13.2 Å². The summed E-state index contributed by atoms with van der Waals surface area (Å²) in [6.07, 6.45) is 0. The van der Waals surface area contributed by atoms with Crippen molar-refractivity contribution in [2.75, 3.05) is 63.7 Å². The van der Waals surface area contributed by atoms with Crippen molar-refractivity contribution < 1.29 is 4.74 Å². The van der Waals surface area contributed by atoms with Crippen molar-refractivity contribution in [1.29, 1.82) is 0 Å². The Hall–Kier alpha value is -2.71. The van der Waals surface area contributed by atoms with Gasteiger partial charge in [0.05, 0.1) is 6.61 Å². The van der Waals surface area contributed by atoms with Gasteiger partial charge in [0.15, 0.2) is 11.5 Å². The second-order valence-electron chi connectivity index (χ2n) is 6.77. The van der Waals surface area contributed by atoms with Gasteiger partial charge in [0.1, 0.15) is 5.82 Å². The van der Waals surface area contributed by atoms with Gasteiger partial charge in [0.2, 0.25) is 0 Å². The summed E-state index contributed by atoms with van der Waals surface area (Å²) >= 11 is 0. The minimum absolute atomic E-state index is 0.627. The van der Waals surface area contributed by atoms with E-state index in [1.165, 1.54) is 5.69 Å². The highest BCUT2D eigenvalue weighted by atomic mass is 16.5. The van der Waals surface area contributed by atoms with Crippen LogP contribution in [-0.4, -0.2) is 78.2 Å². The van der Waals surface area contributed by atoms with E-state index in [1.807, 2.05) is 12.1 Å². The molecule has 142 valence electrons. The number of aromatic nitrogens is 4. The Morgan fingerprint density at radius 2 is 1.78 bits per heavy atom. The maximum absolute atomic E-state index is 5.07. The van der Waals surface area contributed by atoms with Gasteiger partial charge in [-0.2, -0.15) is 4.52 Å². The third kappa shape index (κ3) is 3.86. The average molecular weight is 367 g/mol. The first kappa shape index (κ1) is 17.7. The van der Waals surface area contributed by atoms with Crippen molar-refractivity contribution in [2.45, 2.75) is 0 Å². The largest absolute Gasteiger partial charge is 0.383 e. The molecule has 1 aromatic carbocycles. The Kier molecular flexibility index (Phi) is 5.17. The van der Waals surface area contributed by atoms with Crippen LogP contribution in [-0.2, 0) is 4.74 Å². The molecular weight excluding hydrogens is 342 g/mol.